The van der Waals surface area contributed by atoms with Crippen molar-refractivity contribution in [3.63, 3.8) is 0 Å². The Labute approximate surface area is 193 Å². The van der Waals surface area contributed by atoms with Gasteiger partial charge in [-0.05, 0) is 6.42 Å². The molecule has 1 N–H and O–H groups in total. The van der Waals surface area contributed by atoms with Crippen LogP contribution in [0.5, 0.6) is 0 Å². The van der Waals surface area contributed by atoms with Gasteiger partial charge in [0.2, 0.25) is 5.91 Å². The fraction of sp³-hybridized carbons (Fsp3) is 0.960. The second-order valence-electron chi connectivity index (χ2n) is 9.08. The number of carbonyl (C=O) groups is 1. The fourth-order valence-electron chi connectivity index (χ4n) is 3.94. The maximum absolute atomic E-state index is 11.5. The summed E-state index contributed by atoms with van der Waals surface area (Å²) in [5.74, 6) is -0.691. The Hall–Kier alpha value is -0.620. The molecular formula is C25H50NO4S-. The minimum atomic E-state index is -4.24. The van der Waals surface area contributed by atoms with Gasteiger partial charge < -0.3 is 9.87 Å². The SMILES string of the molecule is CCCCCCCCCCCCCCCCCCCCCCC(=O)NCCS(=O)(=O)[O-]. The average Bonchev–Trinajstić information content (AvgIpc) is 2.71. The first-order valence-electron chi connectivity index (χ1n) is 13.2. The van der Waals surface area contributed by atoms with Crippen LogP contribution >= 0.6 is 0 Å². The number of nitrogens with one attached hydrogen (secondary N) is 1. The molecule has 0 aromatic carbocycles. The zero-order chi connectivity index (χ0) is 23.0. The molecule has 0 bridgehead atoms. The average molecular weight is 461 g/mol. The summed E-state index contributed by atoms with van der Waals surface area (Å²) in [5.41, 5.74) is 0. The zero-order valence-electron chi connectivity index (χ0n) is 20.3. The third kappa shape index (κ3) is 27.3. The predicted octanol–water partition coefficient (Wildman–Crippen LogP) is 6.86. The van der Waals surface area contributed by atoms with Crippen molar-refractivity contribution in [3.05, 3.63) is 0 Å². The minimum Gasteiger partial charge on any atom is -0.748 e. The van der Waals surface area contributed by atoms with Crippen molar-refractivity contribution >= 4 is 16.0 Å². The Bertz CT molecular complexity index is 494. The highest BCUT2D eigenvalue weighted by molar-refractivity contribution is 7.85. The molecule has 186 valence electrons. The van der Waals surface area contributed by atoms with Crippen molar-refractivity contribution in [1.29, 1.82) is 0 Å². The Morgan fingerprint density at radius 2 is 0.935 bits per heavy atom. The number of amides is 1. The molecule has 0 spiro atoms. The summed E-state index contributed by atoms with van der Waals surface area (Å²) in [6, 6.07) is 0. The highest BCUT2D eigenvalue weighted by Gasteiger charge is 2.02. The Morgan fingerprint density at radius 1 is 0.613 bits per heavy atom. The molecule has 5 nitrogen and oxygen atoms in total. The van der Waals surface area contributed by atoms with Gasteiger partial charge in [0.05, 0.1) is 15.9 Å². The zero-order valence-corrected chi connectivity index (χ0v) is 21.1. The molecule has 0 rings (SSSR count). The lowest BCUT2D eigenvalue weighted by molar-refractivity contribution is -0.121. The summed E-state index contributed by atoms with van der Waals surface area (Å²) >= 11 is 0. The van der Waals surface area contributed by atoms with Crippen LogP contribution < -0.4 is 5.32 Å². The lowest BCUT2D eigenvalue weighted by Crippen LogP contribution is -2.28. The van der Waals surface area contributed by atoms with Crippen LogP contribution in [-0.2, 0) is 14.9 Å². The van der Waals surface area contributed by atoms with E-state index in [1.165, 1.54) is 109 Å². The molecule has 6 heteroatoms. The quantitative estimate of drug-likeness (QED) is 0.126. The van der Waals surface area contributed by atoms with Crippen LogP contribution in [-0.4, -0.2) is 31.2 Å². The maximum Gasteiger partial charge on any atom is 0.220 e. The van der Waals surface area contributed by atoms with Crippen LogP contribution in [0.2, 0.25) is 0 Å². The molecule has 0 unspecified atom stereocenters. The number of hydrogen-bond donors (Lipinski definition) is 1. The van der Waals surface area contributed by atoms with Gasteiger partial charge in [-0.1, -0.05) is 129 Å². The summed E-state index contributed by atoms with van der Waals surface area (Å²) < 4.78 is 31.4. The van der Waals surface area contributed by atoms with Crippen LogP contribution in [0.3, 0.4) is 0 Å². The topological polar surface area (TPSA) is 86.3 Å². The monoisotopic (exact) mass is 460 g/mol. The lowest BCUT2D eigenvalue weighted by Gasteiger charge is -2.08. The van der Waals surface area contributed by atoms with Crippen molar-refractivity contribution in [2.75, 3.05) is 12.3 Å². The smallest absolute Gasteiger partial charge is 0.220 e. The maximum atomic E-state index is 11.5. The van der Waals surface area contributed by atoms with Gasteiger partial charge in [0, 0.05) is 13.0 Å². The first-order chi connectivity index (χ1) is 15.0. The highest BCUT2D eigenvalue weighted by Crippen LogP contribution is 2.15. The number of carbonyl (C=O) groups excluding carboxylic acids is 1. The van der Waals surface area contributed by atoms with Crippen molar-refractivity contribution in [1.82, 2.24) is 5.32 Å². The standard InChI is InChI=1S/C25H51NO4S/c1-2-3-4-5-6-7-8-9-10-11-12-13-14-15-16-17-18-19-20-21-22-25(27)26-23-24-31(28,29)30/h2-24H2,1H3,(H,26,27)(H,28,29,30)/p-1. The van der Waals surface area contributed by atoms with Gasteiger partial charge in [-0.25, -0.2) is 8.42 Å². The van der Waals surface area contributed by atoms with Crippen LogP contribution in [0, 0.1) is 0 Å². The van der Waals surface area contributed by atoms with Gasteiger partial charge in [0.25, 0.3) is 0 Å². The van der Waals surface area contributed by atoms with Gasteiger partial charge in [-0.15, -0.1) is 0 Å². The normalized spacial score (nSPS) is 11.7. The van der Waals surface area contributed by atoms with E-state index in [0.717, 1.165) is 19.3 Å². The molecule has 0 heterocycles. The van der Waals surface area contributed by atoms with Crippen molar-refractivity contribution in [2.24, 2.45) is 0 Å². The summed E-state index contributed by atoms with van der Waals surface area (Å²) in [6.45, 7) is 2.20. The third-order valence-electron chi connectivity index (χ3n) is 5.93. The summed E-state index contributed by atoms with van der Waals surface area (Å²) in [5, 5.41) is 2.48. The number of hydrogen-bond acceptors (Lipinski definition) is 4. The molecule has 1 amide bonds. The number of rotatable bonds is 24. The minimum absolute atomic E-state index is 0.0795. The largest absolute Gasteiger partial charge is 0.748 e. The van der Waals surface area contributed by atoms with E-state index in [0.29, 0.717) is 6.42 Å². The second kappa shape index (κ2) is 22.6. The number of unbranched alkanes of at least 4 members (excludes halogenated alkanes) is 19. The van der Waals surface area contributed by atoms with E-state index in [1.54, 1.807) is 0 Å². The molecule has 0 aliphatic rings. The van der Waals surface area contributed by atoms with E-state index in [1.807, 2.05) is 0 Å². The van der Waals surface area contributed by atoms with Gasteiger partial charge in [0.1, 0.15) is 0 Å². The first kappa shape index (κ1) is 30.4. The first-order valence-corrected chi connectivity index (χ1v) is 14.7. The Kier molecular flexibility index (Phi) is 22.1. The van der Waals surface area contributed by atoms with Crippen LogP contribution in [0.25, 0.3) is 0 Å². The van der Waals surface area contributed by atoms with Gasteiger partial charge in [0.15, 0.2) is 0 Å². The molecule has 0 aromatic rings. The van der Waals surface area contributed by atoms with E-state index < -0.39 is 15.9 Å². The van der Waals surface area contributed by atoms with E-state index in [-0.39, 0.29) is 12.5 Å². The molecule has 0 fully saturated rings. The Morgan fingerprint density at radius 3 is 1.26 bits per heavy atom. The van der Waals surface area contributed by atoms with E-state index in [9.17, 15) is 17.8 Å². The molecule has 0 atom stereocenters. The van der Waals surface area contributed by atoms with Crippen molar-refractivity contribution in [2.45, 2.75) is 142 Å². The van der Waals surface area contributed by atoms with Crippen molar-refractivity contribution < 1.29 is 17.8 Å². The van der Waals surface area contributed by atoms with Crippen LogP contribution in [0.1, 0.15) is 142 Å². The van der Waals surface area contributed by atoms with Crippen molar-refractivity contribution in [3.8, 4) is 0 Å². The molecular weight excluding hydrogens is 410 g/mol. The van der Waals surface area contributed by atoms with Crippen LogP contribution in [0.15, 0.2) is 0 Å². The van der Waals surface area contributed by atoms with Crippen LogP contribution in [0.4, 0.5) is 0 Å². The molecule has 0 radical (unpaired) electrons. The van der Waals surface area contributed by atoms with Gasteiger partial charge in [-0.2, -0.15) is 0 Å². The summed E-state index contributed by atoms with van der Waals surface area (Å²) in [7, 11) is -4.24. The highest BCUT2D eigenvalue weighted by atomic mass is 32.2. The van der Waals surface area contributed by atoms with E-state index >= 15 is 0 Å². The predicted molar refractivity (Wildman–Crippen MR) is 130 cm³/mol. The Balaban J connectivity index is 3.14. The molecule has 0 aliphatic carbocycles. The molecule has 0 saturated heterocycles. The summed E-state index contributed by atoms with van der Waals surface area (Å²) in [4.78, 5) is 11.5. The van der Waals surface area contributed by atoms with Gasteiger partial charge in [-0.3, -0.25) is 4.79 Å². The van der Waals surface area contributed by atoms with Gasteiger partial charge >= 0.3 is 0 Å². The third-order valence-corrected chi connectivity index (χ3v) is 6.64. The molecule has 31 heavy (non-hydrogen) atoms. The fourth-order valence-corrected chi connectivity index (χ4v) is 4.30. The molecule has 0 aliphatic heterocycles. The molecule has 0 saturated carbocycles. The van der Waals surface area contributed by atoms with E-state index in [4.69, 9.17) is 0 Å². The lowest BCUT2D eigenvalue weighted by atomic mass is 10.0. The second-order valence-corrected chi connectivity index (χ2v) is 10.6. The molecule has 0 aromatic heterocycles. The van der Waals surface area contributed by atoms with E-state index in [2.05, 4.69) is 12.2 Å². The summed E-state index contributed by atoms with van der Waals surface area (Å²) in [6.07, 6.45) is 27.0.